The van der Waals surface area contributed by atoms with Crippen LogP contribution in [0.4, 0.5) is 4.39 Å². The number of likely N-dealkylation sites (tertiary alicyclic amines) is 1. The molecule has 118 valence electrons. The molecule has 0 aliphatic carbocycles. The summed E-state index contributed by atoms with van der Waals surface area (Å²) in [5.74, 6) is 0.200. The highest BCUT2D eigenvalue weighted by Crippen LogP contribution is 2.35. The molecule has 0 amide bonds. The van der Waals surface area contributed by atoms with Crippen LogP contribution in [0.2, 0.25) is 0 Å². The van der Waals surface area contributed by atoms with Crippen molar-refractivity contribution >= 4 is 11.3 Å². The van der Waals surface area contributed by atoms with Crippen LogP contribution in [0, 0.1) is 5.82 Å². The summed E-state index contributed by atoms with van der Waals surface area (Å²) < 4.78 is 18.9. The van der Waals surface area contributed by atoms with E-state index in [1.54, 1.807) is 12.3 Å². The first-order valence-electron chi connectivity index (χ1n) is 7.77. The first kappa shape index (κ1) is 14.6. The van der Waals surface area contributed by atoms with Crippen LogP contribution in [0.1, 0.15) is 29.5 Å². The third-order valence-corrected chi connectivity index (χ3v) is 5.20. The van der Waals surface area contributed by atoms with E-state index in [0.717, 1.165) is 18.8 Å². The molecule has 1 atom stereocenters. The third kappa shape index (κ3) is 3.07. The number of benzene rings is 1. The van der Waals surface area contributed by atoms with Crippen molar-refractivity contribution in [1.29, 1.82) is 0 Å². The zero-order chi connectivity index (χ0) is 15.6. The van der Waals surface area contributed by atoms with E-state index in [2.05, 4.69) is 27.4 Å². The van der Waals surface area contributed by atoms with Gasteiger partial charge >= 0.3 is 0 Å². The predicted octanol–water partition coefficient (Wildman–Crippen LogP) is 4.88. The van der Waals surface area contributed by atoms with Crippen LogP contribution in [0.5, 0.6) is 0 Å². The molecule has 1 aromatic carbocycles. The number of thiophene rings is 1. The quantitative estimate of drug-likeness (QED) is 0.683. The van der Waals surface area contributed by atoms with Gasteiger partial charge in [-0.1, -0.05) is 12.1 Å². The molecule has 0 saturated carbocycles. The van der Waals surface area contributed by atoms with Gasteiger partial charge in [-0.15, -0.1) is 11.3 Å². The average Bonchev–Trinajstić information content (AvgIpc) is 3.29. The van der Waals surface area contributed by atoms with Gasteiger partial charge in [-0.25, -0.2) is 9.37 Å². The van der Waals surface area contributed by atoms with Crippen LogP contribution in [-0.4, -0.2) is 16.4 Å². The minimum Gasteiger partial charge on any atom is -0.444 e. The van der Waals surface area contributed by atoms with Gasteiger partial charge in [-0.2, -0.15) is 0 Å². The summed E-state index contributed by atoms with van der Waals surface area (Å²) in [6.45, 7) is 1.84. The van der Waals surface area contributed by atoms with E-state index in [4.69, 9.17) is 4.42 Å². The lowest BCUT2D eigenvalue weighted by molar-refractivity contribution is 0.248. The summed E-state index contributed by atoms with van der Waals surface area (Å²) in [6, 6.07) is 11.1. The van der Waals surface area contributed by atoms with Gasteiger partial charge in [0.15, 0.2) is 0 Å². The number of nitrogens with zero attached hydrogens (tertiary/aromatic N) is 2. The molecule has 0 unspecified atom stereocenters. The fourth-order valence-corrected chi connectivity index (χ4v) is 4.06. The Morgan fingerprint density at radius 3 is 3.09 bits per heavy atom. The smallest absolute Gasteiger partial charge is 0.226 e. The van der Waals surface area contributed by atoms with Gasteiger partial charge < -0.3 is 4.42 Å². The normalized spacial score (nSPS) is 18.6. The minimum atomic E-state index is -0.278. The van der Waals surface area contributed by atoms with Gasteiger partial charge in [0.1, 0.15) is 12.1 Å². The number of aromatic nitrogens is 1. The standard InChI is InChI=1S/C18H17FN2OS/c19-14-5-1-4-13(10-14)18-20-15(12-22-18)11-21-8-2-6-16(21)17-7-3-9-23-17/h1,3-5,7,9-10,12,16H,2,6,8,11H2/t16-/m1/s1. The molecule has 1 saturated heterocycles. The number of hydrogen-bond donors (Lipinski definition) is 0. The molecule has 0 N–H and O–H groups in total. The Morgan fingerprint density at radius 1 is 1.30 bits per heavy atom. The van der Waals surface area contributed by atoms with E-state index in [-0.39, 0.29) is 5.82 Å². The fraction of sp³-hybridized carbons (Fsp3) is 0.278. The second-order valence-corrected chi connectivity index (χ2v) is 6.78. The zero-order valence-corrected chi connectivity index (χ0v) is 13.4. The summed E-state index contributed by atoms with van der Waals surface area (Å²) in [6.07, 6.45) is 4.08. The molecule has 5 heteroatoms. The SMILES string of the molecule is Fc1cccc(-c2nc(CN3CCC[C@@H]3c3cccs3)co2)c1. The van der Waals surface area contributed by atoms with Gasteiger partial charge in [-0.3, -0.25) is 4.90 Å². The highest BCUT2D eigenvalue weighted by atomic mass is 32.1. The van der Waals surface area contributed by atoms with Crippen molar-refractivity contribution in [2.24, 2.45) is 0 Å². The molecule has 0 bridgehead atoms. The van der Waals surface area contributed by atoms with E-state index < -0.39 is 0 Å². The van der Waals surface area contributed by atoms with Gasteiger partial charge in [0.2, 0.25) is 5.89 Å². The second kappa shape index (κ2) is 6.26. The molecule has 1 aliphatic rings. The molecule has 1 fully saturated rings. The Kier molecular flexibility index (Phi) is 3.97. The maximum absolute atomic E-state index is 13.3. The number of halogens is 1. The topological polar surface area (TPSA) is 29.3 Å². The van der Waals surface area contributed by atoms with Gasteiger partial charge in [0.25, 0.3) is 0 Å². The molecular weight excluding hydrogens is 311 g/mol. The summed E-state index contributed by atoms with van der Waals surface area (Å²) in [5.41, 5.74) is 1.57. The van der Waals surface area contributed by atoms with Gasteiger partial charge in [0.05, 0.1) is 5.69 Å². The molecular formula is C18H17FN2OS. The average molecular weight is 328 g/mol. The Balaban J connectivity index is 1.51. The lowest BCUT2D eigenvalue weighted by atomic mass is 10.2. The van der Waals surface area contributed by atoms with Gasteiger partial charge in [0, 0.05) is 23.0 Å². The fourth-order valence-electron chi connectivity index (χ4n) is 3.16. The summed E-state index contributed by atoms with van der Waals surface area (Å²) in [4.78, 5) is 8.39. The summed E-state index contributed by atoms with van der Waals surface area (Å²) in [7, 11) is 0. The molecule has 1 aliphatic heterocycles. The third-order valence-electron chi connectivity index (χ3n) is 4.22. The molecule has 0 radical (unpaired) electrons. The molecule has 23 heavy (non-hydrogen) atoms. The highest BCUT2D eigenvalue weighted by Gasteiger charge is 2.27. The Labute approximate surface area is 138 Å². The highest BCUT2D eigenvalue weighted by molar-refractivity contribution is 7.10. The van der Waals surface area contributed by atoms with Crippen molar-refractivity contribution in [3.8, 4) is 11.5 Å². The van der Waals surface area contributed by atoms with E-state index >= 15 is 0 Å². The maximum atomic E-state index is 13.3. The second-order valence-electron chi connectivity index (χ2n) is 5.80. The maximum Gasteiger partial charge on any atom is 0.226 e. The van der Waals surface area contributed by atoms with E-state index in [1.807, 2.05) is 17.4 Å². The lowest BCUT2D eigenvalue weighted by Gasteiger charge is -2.22. The Hall–Kier alpha value is -1.98. The molecule has 0 spiro atoms. The van der Waals surface area contributed by atoms with Crippen molar-refractivity contribution in [2.45, 2.75) is 25.4 Å². The van der Waals surface area contributed by atoms with E-state index in [9.17, 15) is 4.39 Å². The lowest BCUT2D eigenvalue weighted by Crippen LogP contribution is -2.22. The van der Waals surface area contributed by atoms with E-state index in [0.29, 0.717) is 17.5 Å². The van der Waals surface area contributed by atoms with Crippen LogP contribution in [0.15, 0.2) is 52.5 Å². The molecule has 3 aromatic rings. The Bertz CT molecular complexity index is 784. The van der Waals surface area contributed by atoms with Crippen molar-refractivity contribution in [1.82, 2.24) is 9.88 Å². The van der Waals surface area contributed by atoms with Crippen LogP contribution < -0.4 is 0 Å². The zero-order valence-electron chi connectivity index (χ0n) is 12.6. The van der Waals surface area contributed by atoms with Crippen molar-refractivity contribution in [2.75, 3.05) is 6.54 Å². The largest absolute Gasteiger partial charge is 0.444 e. The van der Waals surface area contributed by atoms with Crippen LogP contribution in [0.3, 0.4) is 0 Å². The van der Waals surface area contributed by atoms with Crippen molar-refractivity contribution < 1.29 is 8.81 Å². The van der Waals surface area contributed by atoms with Crippen LogP contribution in [-0.2, 0) is 6.54 Å². The number of hydrogen-bond acceptors (Lipinski definition) is 4. The molecule has 3 nitrogen and oxygen atoms in total. The minimum absolute atomic E-state index is 0.278. The van der Waals surface area contributed by atoms with E-state index in [1.165, 1.54) is 29.9 Å². The molecule has 4 rings (SSSR count). The predicted molar refractivity (Wildman–Crippen MR) is 88.6 cm³/mol. The van der Waals surface area contributed by atoms with Crippen LogP contribution >= 0.6 is 11.3 Å². The number of oxazole rings is 1. The van der Waals surface area contributed by atoms with Crippen molar-refractivity contribution in [3.63, 3.8) is 0 Å². The Morgan fingerprint density at radius 2 is 2.26 bits per heavy atom. The first-order chi connectivity index (χ1) is 11.3. The molecule has 2 aromatic heterocycles. The number of rotatable bonds is 4. The monoisotopic (exact) mass is 328 g/mol. The summed E-state index contributed by atoms with van der Waals surface area (Å²) >= 11 is 1.81. The molecule has 3 heterocycles. The first-order valence-corrected chi connectivity index (χ1v) is 8.65. The van der Waals surface area contributed by atoms with Gasteiger partial charge in [-0.05, 0) is 49.0 Å². The van der Waals surface area contributed by atoms with Crippen molar-refractivity contribution in [3.05, 3.63) is 64.4 Å². The summed E-state index contributed by atoms with van der Waals surface area (Å²) in [5, 5.41) is 2.13. The van der Waals surface area contributed by atoms with Crippen LogP contribution in [0.25, 0.3) is 11.5 Å².